The van der Waals surface area contributed by atoms with Crippen LogP contribution in [0.4, 0.5) is 11.4 Å². The molecule has 0 amide bonds. The Morgan fingerprint density at radius 1 is 0.587 bits per heavy atom. The number of hydrogen-bond donors (Lipinski definition) is 2. The third-order valence-electron chi connectivity index (χ3n) is 8.33. The van der Waals surface area contributed by atoms with Gasteiger partial charge in [-0.2, -0.15) is 0 Å². The van der Waals surface area contributed by atoms with Gasteiger partial charge < -0.3 is 25.0 Å². The maximum atomic E-state index is 6.31. The monoisotopic (exact) mass is 655 g/mol. The number of hydrogen-bond acceptors (Lipinski definition) is 7. The van der Waals surface area contributed by atoms with Crippen molar-refractivity contribution in [2.45, 2.75) is 26.2 Å². The van der Waals surface area contributed by atoms with Crippen LogP contribution in [0.1, 0.15) is 26.2 Å². The van der Waals surface area contributed by atoms with Gasteiger partial charge in [0, 0.05) is 44.7 Å². The molecule has 2 aromatic heterocycles. The molecule has 9 heteroatoms. The highest BCUT2D eigenvalue weighted by molar-refractivity contribution is 6.32. The number of methoxy groups -OCH3 is 2. The molecular formula is C37H39Cl2N5O2. The fourth-order valence-corrected chi connectivity index (χ4v) is 6.44. The molecule has 0 aliphatic rings. The molecule has 0 radical (unpaired) electrons. The first kappa shape index (κ1) is 31.9. The lowest BCUT2D eigenvalue weighted by molar-refractivity contribution is 0.272. The van der Waals surface area contributed by atoms with Crippen LogP contribution in [0.25, 0.3) is 43.6 Å². The Bertz CT molecular complexity index is 1860. The summed E-state index contributed by atoms with van der Waals surface area (Å²) in [6.45, 7) is 7.00. The van der Waals surface area contributed by atoms with E-state index in [4.69, 9.17) is 42.6 Å². The molecule has 238 valence electrons. The normalized spacial score (nSPS) is 11.6. The van der Waals surface area contributed by atoms with Crippen molar-refractivity contribution >= 4 is 78.2 Å². The molecule has 6 aromatic rings. The molecule has 0 fully saturated rings. The van der Waals surface area contributed by atoms with E-state index in [0.29, 0.717) is 10.0 Å². The average molecular weight is 657 g/mol. The maximum absolute atomic E-state index is 6.31. The third kappa shape index (κ3) is 7.02. The lowest BCUT2D eigenvalue weighted by atomic mass is 10.1. The van der Waals surface area contributed by atoms with Crippen LogP contribution < -0.4 is 20.1 Å². The molecule has 0 aliphatic heterocycles. The van der Waals surface area contributed by atoms with E-state index < -0.39 is 0 Å². The molecule has 2 heterocycles. The Balaban J connectivity index is 1.11. The summed E-state index contributed by atoms with van der Waals surface area (Å²) in [6, 6.07) is 23.8. The van der Waals surface area contributed by atoms with Crippen molar-refractivity contribution < 1.29 is 9.47 Å². The van der Waals surface area contributed by atoms with Crippen molar-refractivity contribution in [3.8, 4) is 11.5 Å². The van der Waals surface area contributed by atoms with Crippen LogP contribution in [-0.4, -0.2) is 61.8 Å². The van der Waals surface area contributed by atoms with Gasteiger partial charge in [-0.1, -0.05) is 30.1 Å². The van der Waals surface area contributed by atoms with Gasteiger partial charge in [0.2, 0.25) is 0 Å². The zero-order valence-electron chi connectivity index (χ0n) is 26.5. The van der Waals surface area contributed by atoms with Crippen molar-refractivity contribution in [2.75, 3.05) is 57.6 Å². The van der Waals surface area contributed by atoms with Gasteiger partial charge in [-0.25, -0.2) is 9.97 Å². The van der Waals surface area contributed by atoms with E-state index in [1.807, 2.05) is 60.7 Å². The van der Waals surface area contributed by atoms with Crippen LogP contribution in [-0.2, 0) is 0 Å². The number of ether oxygens (including phenoxy) is 2. The Hall–Kier alpha value is -4.04. The second kappa shape index (κ2) is 14.6. The Labute approximate surface area is 279 Å². The first-order valence-corrected chi connectivity index (χ1v) is 16.6. The predicted octanol–water partition coefficient (Wildman–Crippen LogP) is 9.43. The number of rotatable bonds is 14. The molecule has 2 N–H and O–H groups in total. The average Bonchev–Trinajstić information content (AvgIpc) is 3.06. The fourth-order valence-electron chi connectivity index (χ4n) is 6.11. The number of halogens is 2. The van der Waals surface area contributed by atoms with E-state index in [2.05, 4.69) is 34.6 Å². The molecule has 0 bridgehead atoms. The fraction of sp³-hybridized carbons (Fsp3) is 0.297. The summed E-state index contributed by atoms with van der Waals surface area (Å²) in [5.41, 5.74) is 5.71. The SMILES string of the molecule is CCCN(CCCNc1c2ccc(Cl)cc2nc2ccc(OC)cc12)CCCNc1c2ccc(Cl)cc2nc2ccc(OC)cc12. The number of aromatic nitrogens is 2. The summed E-state index contributed by atoms with van der Waals surface area (Å²) < 4.78 is 11.0. The second-order valence-corrected chi connectivity index (χ2v) is 12.3. The molecule has 0 saturated carbocycles. The van der Waals surface area contributed by atoms with Gasteiger partial charge in [0.25, 0.3) is 0 Å². The molecule has 0 saturated heterocycles. The van der Waals surface area contributed by atoms with E-state index in [1.54, 1.807) is 14.2 Å². The number of pyridine rings is 2. The molecule has 7 nitrogen and oxygen atoms in total. The Morgan fingerprint density at radius 3 is 1.50 bits per heavy atom. The van der Waals surface area contributed by atoms with Crippen LogP contribution in [0, 0.1) is 0 Å². The van der Waals surface area contributed by atoms with E-state index >= 15 is 0 Å². The number of nitrogens with zero attached hydrogens (tertiary/aromatic N) is 3. The zero-order chi connectivity index (χ0) is 32.0. The predicted molar refractivity (Wildman–Crippen MR) is 195 cm³/mol. The molecule has 46 heavy (non-hydrogen) atoms. The summed E-state index contributed by atoms with van der Waals surface area (Å²) >= 11 is 12.6. The standard InChI is InChI=1S/C37H39Cl2N5O2/c1-4-17-44(18-5-15-40-36-28-11-7-24(38)20-34(28)42-32-13-9-26(45-2)22-30(32)36)19-6-16-41-37-29-12-8-25(39)21-35(29)43-33-14-10-27(46-3)23-31(33)37/h7-14,20-23H,4-6,15-19H2,1-3H3,(H,40,42)(H,41,43). The van der Waals surface area contributed by atoms with E-state index in [9.17, 15) is 0 Å². The van der Waals surface area contributed by atoms with Gasteiger partial charge in [-0.15, -0.1) is 0 Å². The molecule has 4 aromatic carbocycles. The lowest BCUT2D eigenvalue weighted by Crippen LogP contribution is -2.29. The molecule has 0 atom stereocenters. The van der Waals surface area contributed by atoms with Crippen LogP contribution in [0.2, 0.25) is 10.0 Å². The molecule has 0 spiro atoms. The lowest BCUT2D eigenvalue weighted by Gasteiger charge is -2.23. The number of nitrogens with one attached hydrogen (secondary N) is 2. The van der Waals surface area contributed by atoms with Gasteiger partial charge in [-0.05, 0) is 112 Å². The summed E-state index contributed by atoms with van der Waals surface area (Å²) in [4.78, 5) is 12.3. The number of benzene rings is 4. The first-order valence-electron chi connectivity index (χ1n) is 15.8. The van der Waals surface area contributed by atoms with Crippen LogP contribution in [0.3, 0.4) is 0 Å². The molecule has 0 unspecified atom stereocenters. The van der Waals surface area contributed by atoms with Gasteiger partial charge in [0.05, 0.1) is 47.7 Å². The van der Waals surface area contributed by atoms with Crippen molar-refractivity contribution in [3.05, 3.63) is 82.8 Å². The van der Waals surface area contributed by atoms with Crippen LogP contribution >= 0.6 is 23.2 Å². The third-order valence-corrected chi connectivity index (χ3v) is 8.80. The minimum Gasteiger partial charge on any atom is -0.497 e. The summed E-state index contributed by atoms with van der Waals surface area (Å²) in [6.07, 6.45) is 3.13. The van der Waals surface area contributed by atoms with Crippen LogP contribution in [0.15, 0.2) is 72.8 Å². The van der Waals surface area contributed by atoms with Gasteiger partial charge in [-0.3, -0.25) is 0 Å². The first-order chi connectivity index (χ1) is 22.5. The largest absolute Gasteiger partial charge is 0.497 e. The van der Waals surface area contributed by atoms with Crippen molar-refractivity contribution in [2.24, 2.45) is 0 Å². The van der Waals surface area contributed by atoms with E-state index in [-0.39, 0.29) is 0 Å². The second-order valence-electron chi connectivity index (χ2n) is 11.5. The molecule has 6 rings (SSSR count). The van der Waals surface area contributed by atoms with E-state index in [1.165, 1.54) is 0 Å². The van der Waals surface area contributed by atoms with Crippen molar-refractivity contribution in [1.29, 1.82) is 0 Å². The number of anilines is 2. The smallest absolute Gasteiger partial charge is 0.119 e. The quantitative estimate of drug-likeness (QED) is 0.0894. The van der Waals surface area contributed by atoms with E-state index in [0.717, 1.165) is 118 Å². The maximum Gasteiger partial charge on any atom is 0.119 e. The van der Waals surface area contributed by atoms with Gasteiger partial charge in [0.15, 0.2) is 0 Å². The minimum absolute atomic E-state index is 0.679. The summed E-state index contributed by atoms with van der Waals surface area (Å²) in [7, 11) is 3.38. The highest BCUT2D eigenvalue weighted by Gasteiger charge is 2.13. The molecule has 0 aliphatic carbocycles. The Morgan fingerprint density at radius 2 is 1.07 bits per heavy atom. The highest BCUT2D eigenvalue weighted by Crippen LogP contribution is 2.35. The molecular weight excluding hydrogens is 617 g/mol. The Kier molecular flexibility index (Phi) is 10.1. The minimum atomic E-state index is 0.679. The zero-order valence-corrected chi connectivity index (χ0v) is 28.0. The summed E-state index contributed by atoms with van der Waals surface area (Å²) in [5.74, 6) is 1.62. The summed E-state index contributed by atoms with van der Waals surface area (Å²) in [5, 5.41) is 13.0. The van der Waals surface area contributed by atoms with Crippen LogP contribution in [0.5, 0.6) is 11.5 Å². The van der Waals surface area contributed by atoms with Crippen molar-refractivity contribution in [3.63, 3.8) is 0 Å². The van der Waals surface area contributed by atoms with Crippen molar-refractivity contribution in [1.82, 2.24) is 14.9 Å². The number of fused-ring (bicyclic) bond motifs is 4. The van der Waals surface area contributed by atoms with Gasteiger partial charge >= 0.3 is 0 Å². The highest BCUT2D eigenvalue weighted by atomic mass is 35.5. The topological polar surface area (TPSA) is 71.5 Å². The van der Waals surface area contributed by atoms with Gasteiger partial charge in [0.1, 0.15) is 11.5 Å².